The van der Waals surface area contributed by atoms with Crippen molar-refractivity contribution in [3.8, 4) is 4.98 Å². The molecule has 12 rings (SSSR count). The van der Waals surface area contributed by atoms with Gasteiger partial charge in [0.05, 0.1) is 39.1 Å². The minimum Gasteiger partial charge on any atom is -1.00 e. The number of ether oxygens (including phenoxy) is 3. The molecule has 3 aromatic heterocycles. The molecule has 3 saturated heterocycles. The van der Waals surface area contributed by atoms with Gasteiger partial charge in [0.1, 0.15) is 4.98 Å². The molecule has 0 radical (unpaired) electrons. The van der Waals surface area contributed by atoms with Crippen LogP contribution in [0.4, 0.5) is 0 Å². The van der Waals surface area contributed by atoms with E-state index in [2.05, 4.69) is 115 Å². The average Bonchev–Trinajstić information content (AvgIpc) is 4.17. The number of likely N-dealkylation sites (tertiary alicyclic amines) is 2. The van der Waals surface area contributed by atoms with Gasteiger partial charge in [-0.1, -0.05) is 57.7 Å². The third-order valence-corrected chi connectivity index (χ3v) is 16.3. The Morgan fingerprint density at radius 2 is 1.07 bits per heavy atom. The van der Waals surface area contributed by atoms with Crippen LogP contribution in [0.1, 0.15) is 106 Å². The van der Waals surface area contributed by atoms with Gasteiger partial charge < -0.3 is 45.7 Å². The van der Waals surface area contributed by atoms with Crippen LogP contribution in [0.5, 0.6) is 0 Å². The van der Waals surface area contributed by atoms with Crippen LogP contribution in [0, 0.1) is 28.0 Å². The Hall–Kier alpha value is -4.86. The molecule has 9 atom stereocenters. The minimum atomic E-state index is -0.273. The minimum absolute atomic E-state index is 0. The van der Waals surface area contributed by atoms with Gasteiger partial charge in [-0.2, -0.15) is 5.26 Å². The summed E-state index contributed by atoms with van der Waals surface area (Å²) in [6.45, 7) is 5.59. The van der Waals surface area contributed by atoms with Gasteiger partial charge >= 0.3 is 36.8 Å². The van der Waals surface area contributed by atoms with Crippen LogP contribution in [-0.2, 0) is 57.4 Å². The van der Waals surface area contributed by atoms with Gasteiger partial charge in [-0.3, -0.25) is 24.0 Å². The Labute approximate surface area is 483 Å². The number of hydrogen-bond acceptors (Lipinski definition) is 11. The fraction of sp³-hybridized carbons (Fsp3) is 0.474. The van der Waals surface area contributed by atoms with Crippen molar-refractivity contribution >= 4 is 107 Å². The van der Waals surface area contributed by atoms with Gasteiger partial charge in [0, 0.05) is 136 Å². The van der Waals surface area contributed by atoms with E-state index in [9.17, 15) is 24.0 Å². The van der Waals surface area contributed by atoms with E-state index in [-0.39, 0.29) is 104 Å². The summed E-state index contributed by atoms with van der Waals surface area (Å²) in [6.07, 6.45) is 12.7. The molecule has 4 N–H and O–H groups in total. The fourth-order valence-electron chi connectivity index (χ4n) is 12.7. The number of rotatable bonds is 5. The van der Waals surface area contributed by atoms with E-state index >= 15 is 0 Å². The van der Waals surface area contributed by atoms with Gasteiger partial charge in [0.2, 0.25) is 11.1 Å². The van der Waals surface area contributed by atoms with Gasteiger partial charge in [-0.25, -0.2) is 0 Å². The molecule has 15 nitrogen and oxygen atoms in total. The number of likely N-dealkylation sites (N-methyl/N-ethyl adjacent to an activating group) is 1. The molecule has 402 valence electrons. The monoisotopic (exact) mass is 1130 g/mol. The summed E-state index contributed by atoms with van der Waals surface area (Å²) >= 11 is 7.27. The van der Waals surface area contributed by atoms with Crippen LogP contribution in [0.15, 0.2) is 73.2 Å². The quantitative estimate of drug-likeness (QED) is 0.0740. The first-order valence-corrected chi connectivity index (χ1v) is 26.4. The molecule has 6 heterocycles. The summed E-state index contributed by atoms with van der Waals surface area (Å²) in [4.78, 5) is 74.0. The van der Waals surface area contributed by atoms with E-state index in [0.29, 0.717) is 43.3 Å². The summed E-state index contributed by atoms with van der Waals surface area (Å²) in [5, 5.41) is 14.5. The van der Waals surface area contributed by atoms with E-state index in [4.69, 9.17) is 31.1 Å². The number of amides is 1. The van der Waals surface area contributed by atoms with Crippen LogP contribution in [0.2, 0.25) is 0 Å². The van der Waals surface area contributed by atoms with Crippen molar-refractivity contribution in [1.29, 1.82) is 5.26 Å². The predicted molar refractivity (Wildman–Crippen MR) is 302 cm³/mol. The zero-order valence-corrected chi connectivity index (χ0v) is 45.6. The summed E-state index contributed by atoms with van der Waals surface area (Å²) < 4.78 is 14.9. The molecule has 6 aliphatic rings. The number of aromatic nitrogens is 3. The molecule has 0 saturated carbocycles. The van der Waals surface area contributed by atoms with Crippen molar-refractivity contribution in [1.82, 2.24) is 30.1 Å². The SMILES string of the molecule is C.CCC(=O)Cl.CCC(=O)N1C[C@H](C(=O)OC)C[C@@H]2c3cccc4[nH]cc(c34)C[C@H]21.COC(=O)[C@@H]1C[C@@H]2c3cccc4[nH]cc(c34)C[C@H]2N(C)C1.COC(=O)[C@H]1CN[C@@H]2Cc3c[nH]c4cccc(c34)[C@H]2C1.N#CBr.[AlH3].[H-].[Li+]. The number of halogens is 2. The largest absolute Gasteiger partial charge is 1.00 e. The first kappa shape index (κ1) is 62.0. The molecule has 3 aromatic carbocycles. The Morgan fingerprint density at radius 3 is 1.51 bits per heavy atom. The zero-order valence-electron chi connectivity index (χ0n) is 44.3. The number of nitrogens with zero attached hydrogens (tertiary/aromatic N) is 3. The topological polar surface area (TPSA) is 203 Å². The van der Waals surface area contributed by atoms with Crippen LogP contribution in [-0.4, -0.2) is 137 Å². The van der Waals surface area contributed by atoms with E-state index in [1.807, 2.05) is 17.9 Å². The number of nitriles is 1. The molecule has 0 bridgehead atoms. The summed E-state index contributed by atoms with van der Waals surface area (Å²) in [5.41, 5.74) is 11.6. The van der Waals surface area contributed by atoms with E-state index in [1.165, 1.54) is 81.9 Å². The first-order chi connectivity index (χ1) is 35.3. The van der Waals surface area contributed by atoms with Crippen LogP contribution in [0.3, 0.4) is 0 Å². The molecule has 76 heavy (non-hydrogen) atoms. The molecule has 3 aliphatic heterocycles. The summed E-state index contributed by atoms with van der Waals surface area (Å²) in [5.74, 6) is 0.441. The van der Waals surface area contributed by atoms with Crippen molar-refractivity contribution in [3.63, 3.8) is 0 Å². The molecule has 3 aliphatic carbocycles. The second kappa shape index (κ2) is 27.6. The van der Waals surface area contributed by atoms with E-state index in [0.717, 1.165) is 57.1 Å². The van der Waals surface area contributed by atoms with Crippen LogP contribution in [0.25, 0.3) is 32.7 Å². The van der Waals surface area contributed by atoms with Crippen molar-refractivity contribution in [2.75, 3.05) is 48.0 Å². The molecular formula is C57H73AlBrClLiN7O8. The number of nitrogens with one attached hydrogen (secondary N) is 4. The summed E-state index contributed by atoms with van der Waals surface area (Å²) in [6, 6.07) is 20.2. The maximum atomic E-state index is 12.5. The van der Waals surface area contributed by atoms with Gasteiger partial charge in [0.15, 0.2) is 17.4 Å². The molecule has 0 spiro atoms. The standard InChI is InChI=1S/C19H22N2O3.C17H20N2O2.C16H18N2O2.C3H5ClO.CBrN.CH4.Al.Li.4H/c1-3-17(22)21-10-12(19(23)24-2)7-14-13-5-4-6-15-18(13)11(9-20-15)8-16(14)21;1-19-9-11(17(20)21-2)6-13-12-4-3-5-14-16(12)10(8-18-14)7-15(13)19;1-20-16(19)10-5-12-11-3-2-4-13-15(11)9(7-17-13)6-14(12)18-8-10;1-2-3(4)5;2-1-3;;;;;;;/h4-6,9,12,14,16,20H,3,7-8,10H2,1-2H3;3-5,8,11,13,15,18H,6-7,9H2,1-2H3;2-4,7,10,12,14,17-18H,5-6,8H2,1H3;2H2,1H3;;1H4;;;;;;/q;;;;;;;+1;;;;-1/t12-,14-,16-;11-,13-,15-;10-,12-,14-;;;;;;;;;/m111........./s1. The third kappa shape index (κ3) is 12.7. The molecule has 6 aromatic rings. The van der Waals surface area contributed by atoms with Gasteiger partial charge in [0.25, 0.3) is 0 Å². The van der Waals surface area contributed by atoms with Crippen molar-refractivity contribution in [2.24, 2.45) is 17.8 Å². The van der Waals surface area contributed by atoms with Gasteiger partial charge in [-0.15, -0.1) is 0 Å². The Kier molecular flexibility index (Phi) is 22.5. The number of aromatic amines is 3. The Bertz CT molecular complexity index is 3060. The number of carbonyl (C=O) groups excluding carboxylic acids is 5. The third-order valence-electron chi connectivity index (χ3n) is 16.0. The maximum Gasteiger partial charge on any atom is 1.00 e. The predicted octanol–water partition coefficient (Wildman–Crippen LogP) is 5.46. The number of methoxy groups -OCH3 is 3. The Morgan fingerprint density at radius 1 is 0.671 bits per heavy atom. The summed E-state index contributed by atoms with van der Waals surface area (Å²) in [7, 11) is 6.51. The van der Waals surface area contributed by atoms with Gasteiger partial charge in [-0.05, 0) is 109 Å². The number of carbonyl (C=O) groups is 5. The smallest absolute Gasteiger partial charge is 1.00 e. The molecule has 1 amide bonds. The number of fused-ring (bicyclic) bond motifs is 6. The molecule has 3 fully saturated rings. The van der Waals surface area contributed by atoms with Crippen LogP contribution < -0.4 is 24.2 Å². The molecular weight excluding hydrogens is 1060 g/mol. The van der Waals surface area contributed by atoms with Crippen molar-refractivity contribution < 1.29 is 58.5 Å². The second-order valence-electron chi connectivity index (χ2n) is 19.8. The Balaban J connectivity index is 0.000000228. The first-order valence-electron chi connectivity index (χ1n) is 25.2. The number of H-pyrrole nitrogens is 3. The number of esters is 3. The maximum absolute atomic E-state index is 12.5. The zero-order chi connectivity index (χ0) is 52.1. The number of benzene rings is 3. The van der Waals surface area contributed by atoms with Crippen LogP contribution >= 0.6 is 27.5 Å². The van der Waals surface area contributed by atoms with Crippen molar-refractivity contribution in [3.05, 3.63) is 107 Å². The second-order valence-corrected chi connectivity index (χ2v) is 20.6. The molecule has 19 heteroatoms. The number of hydrogen-bond donors (Lipinski definition) is 4. The van der Waals surface area contributed by atoms with Crippen molar-refractivity contribution in [2.45, 2.75) is 109 Å². The fourth-order valence-corrected chi connectivity index (χ4v) is 12.7. The normalized spacial score (nSPS) is 23.9. The molecule has 0 unspecified atom stereocenters. The van der Waals surface area contributed by atoms with E-state index < -0.39 is 0 Å². The van der Waals surface area contributed by atoms with E-state index in [1.54, 1.807) is 11.9 Å². The number of piperidine rings is 3. The average molecular weight is 1130 g/mol.